The van der Waals surface area contributed by atoms with E-state index in [4.69, 9.17) is 17.0 Å². The highest BCUT2D eigenvalue weighted by Gasteiger charge is 2.12. The van der Waals surface area contributed by atoms with E-state index in [1.807, 2.05) is 36.4 Å². The van der Waals surface area contributed by atoms with Crippen LogP contribution in [0.4, 0.5) is 5.82 Å². The van der Waals surface area contributed by atoms with E-state index < -0.39 is 0 Å². The second-order valence-corrected chi connectivity index (χ2v) is 6.72. The highest BCUT2D eigenvalue weighted by Crippen LogP contribution is 2.19. The Bertz CT molecular complexity index is 655. The molecule has 0 atom stereocenters. The summed E-state index contributed by atoms with van der Waals surface area (Å²) in [6, 6.07) is 13.6. The molecule has 0 saturated heterocycles. The van der Waals surface area contributed by atoms with Crippen molar-refractivity contribution in [3.8, 4) is 11.6 Å². The SMILES string of the molecule is S=C(Nc1ccc(Oc2ccccc2)nn1)NC1CCCCCCC1. The molecule has 0 aliphatic heterocycles. The van der Waals surface area contributed by atoms with Gasteiger partial charge in [0.1, 0.15) is 5.75 Å². The quantitative estimate of drug-likeness (QED) is 0.777. The molecule has 25 heavy (non-hydrogen) atoms. The average Bonchev–Trinajstić information content (AvgIpc) is 2.60. The average molecular weight is 356 g/mol. The Kier molecular flexibility index (Phi) is 6.56. The monoisotopic (exact) mass is 356 g/mol. The second kappa shape index (κ2) is 9.32. The molecule has 0 spiro atoms. The van der Waals surface area contributed by atoms with Gasteiger partial charge in [0.05, 0.1) is 0 Å². The first-order chi connectivity index (χ1) is 12.3. The molecule has 2 N–H and O–H groups in total. The number of nitrogens with zero attached hydrogens (tertiary/aromatic N) is 2. The summed E-state index contributed by atoms with van der Waals surface area (Å²) in [6.07, 6.45) is 8.91. The Morgan fingerprint density at radius 2 is 1.64 bits per heavy atom. The Morgan fingerprint density at radius 1 is 0.920 bits per heavy atom. The van der Waals surface area contributed by atoms with Crippen LogP contribution in [-0.4, -0.2) is 21.4 Å². The largest absolute Gasteiger partial charge is 0.438 e. The van der Waals surface area contributed by atoms with Gasteiger partial charge >= 0.3 is 0 Å². The molecule has 0 radical (unpaired) electrons. The molecule has 0 amide bonds. The van der Waals surface area contributed by atoms with Crippen molar-refractivity contribution in [2.24, 2.45) is 0 Å². The molecule has 1 aliphatic carbocycles. The molecule has 0 bridgehead atoms. The first kappa shape index (κ1) is 17.6. The van der Waals surface area contributed by atoms with Gasteiger partial charge in [-0.2, -0.15) is 0 Å². The zero-order valence-corrected chi connectivity index (χ0v) is 15.1. The summed E-state index contributed by atoms with van der Waals surface area (Å²) in [5.74, 6) is 1.80. The van der Waals surface area contributed by atoms with Gasteiger partial charge in [0.2, 0.25) is 5.88 Å². The van der Waals surface area contributed by atoms with Crippen molar-refractivity contribution in [2.75, 3.05) is 5.32 Å². The van der Waals surface area contributed by atoms with Gasteiger partial charge in [-0.25, -0.2) is 0 Å². The summed E-state index contributed by atoms with van der Waals surface area (Å²) >= 11 is 5.41. The number of rotatable bonds is 4. The molecule has 1 fully saturated rings. The fraction of sp³-hybridized carbons (Fsp3) is 0.421. The number of benzene rings is 1. The molecule has 1 aromatic carbocycles. The second-order valence-electron chi connectivity index (χ2n) is 6.31. The summed E-state index contributed by atoms with van der Waals surface area (Å²) in [7, 11) is 0. The predicted molar refractivity (Wildman–Crippen MR) is 104 cm³/mol. The normalized spacial score (nSPS) is 15.7. The van der Waals surface area contributed by atoms with Crippen LogP contribution in [-0.2, 0) is 0 Å². The fourth-order valence-corrected chi connectivity index (χ4v) is 3.26. The molecule has 1 aromatic heterocycles. The van der Waals surface area contributed by atoms with Gasteiger partial charge in [-0.3, -0.25) is 0 Å². The maximum atomic E-state index is 5.64. The minimum atomic E-state index is 0.453. The molecule has 2 aromatic rings. The molecule has 1 saturated carbocycles. The van der Waals surface area contributed by atoms with Crippen molar-refractivity contribution in [1.82, 2.24) is 15.5 Å². The minimum Gasteiger partial charge on any atom is -0.438 e. The molecular formula is C19H24N4OS. The van der Waals surface area contributed by atoms with Gasteiger partial charge in [0, 0.05) is 12.1 Å². The van der Waals surface area contributed by atoms with Crippen LogP contribution in [0, 0.1) is 0 Å². The van der Waals surface area contributed by atoms with E-state index >= 15 is 0 Å². The Morgan fingerprint density at radius 3 is 2.32 bits per heavy atom. The summed E-state index contributed by atoms with van der Waals surface area (Å²) in [6.45, 7) is 0. The minimum absolute atomic E-state index is 0.453. The Labute approximate surface area is 154 Å². The summed E-state index contributed by atoms with van der Waals surface area (Å²) in [5, 5.41) is 15.3. The first-order valence-electron chi connectivity index (χ1n) is 8.94. The summed E-state index contributed by atoms with van der Waals surface area (Å²) in [4.78, 5) is 0. The third-order valence-electron chi connectivity index (χ3n) is 4.29. The smallest absolute Gasteiger partial charge is 0.238 e. The van der Waals surface area contributed by atoms with E-state index in [2.05, 4.69) is 20.8 Å². The van der Waals surface area contributed by atoms with Gasteiger partial charge in [0.15, 0.2) is 10.9 Å². The van der Waals surface area contributed by atoms with E-state index in [1.165, 1.54) is 44.9 Å². The topological polar surface area (TPSA) is 59.1 Å². The zero-order valence-electron chi connectivity index (χ0n) is 14.3. The predicted octanol–water partition coefficient (Wildman–Crippen LogP) is 4.67. The number of hydrogen-bond acceptors (Lipinski definition) is 4. The number of aromatic nitrogens is 2. The van der Waals surface area contributed by atoms with Crippen molar-refractivity contribution in [1.29, 1.82) is 0 Å². The first-order valence-corrected chi connectivity index (χ1v) is 9.34. The lowest BCUT2D eigenvalue weighted by molar-refractivity contribution is 0.429. The van der Waals surface area contributed by atoms with E-state index in [9.17, 15) is 0 Å². The Hall–Kier alpha value is -2.21. The summed E-state index contributed by atoms with van der Waals surface area (Å²) < 4.78 is 5.64. The van der Waals surface area contributed by atoms with Crippen molar-refractivity contribution in [3.63, 3.8) is 0 Å². The van der Waals surface area contributed by atoms with Crippen molar-refractivity contribution in [2.45, 2.75) is 51.0 Å². The van der Waals surface area contributed by atoms with Crippen LogP contribution < -0.4 is 15.4 Å². The number of para-hydroxylation sites is 1. The van der Waals surface area contributed by atoms with E-state index in [0.717, 1.165) is 5.75 Å². The van der Waals surface area contributed by atoms with Gasteiger partial charge in [-0.15, -0.1) is 10.2 Å². The lowest BCUT2D eigenvalue weighted by atomic mass is 9.97. The summed E-state index contributed by atoms with van der Waals surface area (Å²) in [5.41, 5.74) is 0. The molecule has 132 valence electrons. The zero-order chi connectivity index (χ0) is 17.3. The van der Waals surface area contributed by atoms with Crippen LogP contribution in [0.3, 0.4) is 0 Å². The van der Waals surface area contributed by atoms with Crippen LogP contribution in [0.1, 0.15) is 44.9 Å². The molecule has 5 nitrogen and oxygen atoms in total. The molecule has 0 unspecified atom stereocenters. The third-order valence-corrected chi connectivity index (χ3v) is 4.51. The van der Waals surface area contributed by atoms with Crippen LogP contribution in [0.15, 0.2) is 42.5 Å². The van der Waals surface area contributed by atoms with Crippen LogP contribution in [0.5, 0.6) is 11.6 Å². The molecule has 3 rings (SSSR count). The van der Waals surface area contributed by atoms with Crippen LogP contribution >= 0.6 is 12.2 Å². The van der Waals surface area contributed by atoms with Gasteiger partial charge < -0.3 is 15.4 Å². The fourth-order valence-electron chi connectivity index (χ4n) is 2.99. The molecule has 1 heterocycles. The van der Waals surface area contributed by atoms with Crippen molar-refractivity contribution >= 4 is 23.1 Å². The number of ether oxygens (including phenoxy) is 1. The van der Waals surface area contributed by atoms with E-state index in [1.54, 1.807) is 6.07 Å². The van der Waals surface area contributed by atoms with Gasteiger partial charge in [-0.1, -0.05) is 50.3 Å². The van der Waals surface area contributed by atoms with Crippen molar-refractivity contribution in [3.05, 3.63) is 42.5 Å². The standard InChI is InChI=1S/C19H24N4OS/c25-19(20-15-9-5-2-1-3-6-10-15)21-17-13-14-18(23-22-17)24-16-11-7-4-8-12-16/h4,7-8,11-15H,1-3,5-6,9-10H2,(H2,20,21,22,25). The maximum absolute atomic E-state index is 5.64. The molecule has 1 aliphatic rings. The number of nitrogens with one attached hydrogen (secondary N) is 2. The highest BCUT2D eigenvalue weighted by molar-refractivity contribution is 7.80. The number of hydrogen-bond donors (Lipinski definition) is 2. The van der Waals surface area contributed by atoms with Gasteiger partial charge in [0.25, 0.3) is 0 Å². The maximum Gasteiger partial charge on any atom is 0.238 e. The number of thiocarbonyl (C=S) groups is 1. The van der Waals surface area contributed by atoms with E-state index in [-0.39, 0.29) is 0 Å². The lowest BCUT2D eigenvalue weighted by Gasteiger charge is -2.22. The Balaban J connectivity index is 1.49. The van der Waals surface area contributed by atoms with Gasteiger partial charge in [-0.05, 0) is 43.3 Å². The molecule has 6 heteroatoms. The van der Waals surface area contributed by atoms with Crippen LogP contribution in [0.25, 0.3) is 0 Å². The highest BCUT2D eigenvalue weighted by atomic mass is 32.1. The molecular weight excluding hydrogens is 332 g/mol. The lowest BCUT2D eigenvalue weighted by Crippen LogP contribution is -2.38. The van der Waals surface area contributed by atoms with Crippen molar-refractivity contribution < 1.29 is 4.74 Å². The van der Waals surface area contributed by atoms with Crippen LogP contribution in [0.2, 0.25) is 0 Å². The van der Waals surface area contributed by atoms with E-state index in [0.29, 0.717) is 22.9 Å². The number of anilines is 1. The third kappa shape index (κ3) is 5.98.